The molecule has 1 fully saturated rings. The van der Waals surface area contributed by atoms with Crippen LogP contribution in [0.4, 0.5) is 0 Å². The Kier molecular flexibility index (Phi) is 6.26. The maximum atomic E-state index is 12.3. The molecule has 2 rings (SSSR count). The Morgan fingerprint density at radius 1 is 1.32 bits per heavy atom. The number of thiophene rings is 1. The monoisotopic (exact) mass is 409 g/mol. The third kappa shape index (κ3) is 5.00. The molecule has 0 aliphatic carbocycles. The van der Waals surface area contributed by atoms with Crippen molar-refractivity contribution >= 4 is 37.3 Å². The van der Waals surface area contributed by atoms with E-state index in [2.05, 4.69) is 5.32 Å². The van der Waals surface area contributed by atoms with E-state index >= 15 is 0 Å². The molecule has 0 saturated carbocycles. The van der Waals surface area contributed by atoms with Gasteiger partial charge >= 0.3 is 0 Å². The van der Waals surface area contributed by atoms with Crippen LogP contribution in [0.25, 0.3) is 0 Å². The molecule has 8 nitrogen and oxygen atoms in total. The summed E-state index contributed by atoms with van der Waals surface area (Å²) in [6, 6.07) is 3.19. The normalized spacial score (nSPS) is 19.9. The zero-order chi connectivity index (χ0) is 18.8. The smallest absolute Gasteiger partial charge is 0.252 e. The molecule has 1 aliphatic heterocycles. The molecule has 142 valence electrons. The third-order valence-electron chi connectivity index (χ3n) is 4.03. The van der Waals surface area contributed by atoms with Crippen molar-refractivity contribution in [1.82, 2.24) is 13.9 Å². The summed E-state index contributed by atoms with van der Waals surface area (Å²) in [6.45, 7) is 0.858. The summed E-state index contributed by atoms with van der Waals surface area (Å²) in [5.74, 6) is -0.591. The molecular formula is C14H23N3O5S3. The first-order chi connectivity index (χ1) is 11.5. The molecular weight excluding hydrogens is 386 g/mol. The molecule has 1 aliphatic rings. The van der Waals surface area contributed by atoms with Crippen LogP contribution in [0.5, 0.6) is 0 Å². The zero-order valence-electron chi connectivity index (χ0n) is 14.4. The average Bonchev–Trinajstić information content (AvgIpc) is 3.01. The number of nitrogens with one attached hydrogen (secondary N) is 1. The number of sulfonamides is 2. The third-order valence-corrected chi connectivity index (χ3v) is 8.67. The number of carbonyl (C=O) groups is 1. The van der Waals surface area contributed by atoms with Gasteiger partial charge in [-0.15, -0.1) is 11.3 Å². The number of piperidine rings is 1. The molecule has 1 aromatic heterocycles. The van der Waals surface area contributed by atoms with Gasteiger partial charge in [-0.3, -0.25) is 4.79 Å². The van der Waals surface area contributed by atoms with Crippen LogP contribution in [-0.4, -0.2) is 64.8 Å². The molecule has 25 heavy (non-hydrogen) atoms. The molecule has 0 bridgehead atoms. The minimum absolute atomic E-state index is 0.190. The fourth-order valence-electron chi connectivity index (χ4n) is 2.55. The molecule has 1 amide bonds. The van der Waals surface area contributed by atoms with Gasteiger partial charge in [-0.05, 0) is 25.0 Å². The molecule has 0 unspecified atom stereocenters. The molecule has 1 atom stereocenters. The average molecular weight is 410 g/mol. The van der Waals surface area contributed by atoms with E-state index in [1.54, 1.807) is 6.07 Å². The lowest BCUT2D eigenvalue weighted by Gasteiger charge is -2.30. The van der Waals surface area contributed by atoms with Gasteiger partial charge in [0.15, 0.2) is 0 Å². The number of carbonyl (C=O) groups excluding carboxylic acids is 1. The Balaban J connectivity index is 1.96. The Morgan fingerprint density at radius 3 is 2.60 bits per heavy atom. The van der Waals surface area contributed by atoms with Gasteiger partial charge in [0.1, 0.15) is 4.21 Å². The first kappa shape index (κ1) is 20.3. The number of nitrogens with zero attached hydrogens (tertiary/aromatic N) is 2. The van der Waals surface area contributed by atoms with Crippen molar-refractivity contribution in [3.8, 4) is 0 Å². The lowest BCUT2D eigenvalue weighted by molar-refractivity contribution is -0.126. The highest BCUT2D eigenvalue weighted by molar-refractivity contribution is 7.91. The predicted molar refractivity (Wildman–Crippen MR) is 96.2 cm³/mol. The largest absolute Gasteiger partial charge is 0.351 e. The maximum absolute atomic E-state index is 12.3. The molecule has 0 radical (unpaired) electrons. The van der Waals surface area contributed by atoms with Gasteiger partial charge in [0, 0.05) is 32.1 Å². The predicted octanol–water partition coefficient (Wildman–Crippen LogP) is 0.286. The minimum Gasteiger partial charge on any atom is -0.351 e. The number of hydrogen-bond acceptors (Lipinski definition) is 6. The highest BCUT2D eigenvalue weighted by Gasteiger charge is 2.30. The van der Waals surface area contributed by atoms with Crippen LogP contribution < -0.4 is 5.32 Å². The Labute approximate surface area is 152 Å². The highest BCUT2D eigenvalue weighted by atomic mass is 32.2. The fourth-order valence-corrected chi connectivity index (χ4v) is 5.92. The standard InChI is InChI=1S/C14H23N3O5S3/c1-16(2)25(21,22)13-7-6-12(23-13)9-15-14(18)11-5-4-8-17(10-11)24(3,19)20/h6-7,11H,4-5,8-10H2,1-3H3,(H,15,18)/t11-/m1/s1. The van der Waals surface area contributed by atoms with Crippen molar-refractivity contribution in [3.63, 3.8) is 0 Å². The van der Waals surface area contributed by atoms with Crippen molar-refractivity contribution in [2.24, 2.45) is 5.92 Å². The van der Waals surface area contributed by atoms with Crippen LogP contribution in [0.2, 0.25) is 0 Å². The summed E-state index contributed by atoms with van der Waals surface area (Å²) in [5.41, 5.74) is 0. The van der Waals surface area contributed by atoms with Gasteiger partial charge in [-0.1, -0.05) is 0 Å². The van der Waals surface area contributed by atoms with E-state index < -0.39 is 20.0 Å². The van der Waals surface area contributed by atoms with Crippen molar-refractivity contribution < 1.29 is 21.6 Å². The van der Waals surface area contributed by atoms with Crippen LogP contribution in [0, 0.1) is 5.92 Å². The van der Waals surface area contributed by atoms with Crippen LogP contribution >= 0.6 is 11.3 Å². The summed E-state index contributed by atoms with van der Waals surface area (Å²) >= 11 is 1.11. The van der Waals surface area contributed by atoms with E-state index in [0.717, 1.165) is 26.8 Å². The topological polar surface area (TPSA) is 104 Å². The van der Waals surface area contributed by atoms with Crippen LogP contribution in [0.1, 0.15) is 17.7 Å². The number of amides is 1. The summed E-state index contributed by atoms with van der Waals surface area (Å²) in [6.07, 6.45) is 2.43. The first-order valence-electron chi connectivity index (χ1n) is 7.76. The maximum Gasteiger partial charge on any atom is 0.252 e. The van der Waals surface area contributed by atoms with Crippen LogP contribution in [0.3, 0.4) is 0 Å². The quantitative estimate of drug-likeness (QED) is 0.727. The second kappa shape index (κ2) is 7.70. The van der Waals surface area contributed by atoms with Crippen molar-refractivity contribution in [1.29, 1.82) is 0 Å². The molecule has 0 spiro atoms. The molecule has 1 saturated heterocycles. The second-order valence-corrected chi connectivity index (χ2v) is 11.7. The molecule has 11 heteroatoms. The van der Waals surface area contributed by atoms with Crippen molar-refractivity contribution in [2.45, 2.75) is 23.6 Å². The van der Waals surface area contributed by atoms with Gasteiger partial charge in [-0.25, -0.2) is 25.4 Å². The lowest BCUT2D eigenvalue weighted by Crippen LogP contribution is -2.44. The first-order valence-corrected chi connectivity index (χ1v) is 11.9. The summed E-state index contributed by atoms with van der Waals surface area (Å²) in [7, 11) is -3.84. The van der Waals surface area contributed by atoms with E-state index in [1.165, 1.54) is 24.5 Å². The van der Waals surface area contributed by atoms with Gasteiger partial charge in [0.25, 0.3) is 10.0 Å². The van der Waals surface area contributed by atoms with E-state index in [1.807, 2.05) is 0 Å². The van der Waals surface area contributed by atoms with E-state index in [9.17, 15) is 21.6 Å². The zero-order valence-corrected chi connectivity index (χ0v) is 16.9. The van der Waals surface area contributed by atoms with Gasteiger partial charge < -0.3 is 5.32 Å². The molecule has 2 heterocycles. The second-order valence-electron chi connectivity index (χ2n) is 6.19. The van der Waals surface area contributed by atoms with Crippen molar-refractivity contribution in [3.05, 3.63) is 17.0 Å². The fraction of sp³-hybridized carbons (Fsp3) is 0.643. The van der Waals surface area contributed by atoms with Gasteiger partial charge in [0.05, 0.1) is 18.7 Å². The molecule has 1 aromatic rings. The SMILES string of the molecule is CN(C)S(=O)(=O)c1ccc(CNC(=O)[C@@H]2CCCN(S(C)(=O)=O)C2)s1. The van der Waals surface area contributed by atoms with Gasteiger partial charge in [-0.2, -0.15) is 0 Å². The number of rotatable bonds is 6. The summed E-state index contributed by atoms with van der Waals surface area (Å²) < 4.78 is 50.0. The van der Waals surface area contributed by atoms with Gasteiger partial charge in [0.2, 0.25) is 15.9 Å². The lowest BCUT2D eigenvalue weighted by atomic mass is 9.99. The summed E-state index contributed by atoms with van der Waals surface area (Å²) in [5, 5.41) is 2.78. The van der Waals surface area contributed by atoms with E-state index in [0.29, 0.717) is 19.4 Å². The van der Waals surface area contributed by atoms with Crippen LogP contribution in [0.15, 0.2) is 16.3 Å². The molecule has 1 N–H and O–H groups in total. The highest BCUT2D eigenvalue weighted by Crippen LogP contribution is 2.24. The Hall–Kier alpha value is -1.01. The summed E-state index contributed by atoms with van der Waals surface area (Å²) in [4.78, 5) is 13.0. The molecule has 0 aromatic carbocycles. The Bertz CT molecular complexity index is 830. The minimum atomic E-state index is -3.47. The van der Waals surface area contributed by atoms with Crippen LogP contribution in [-0.2, 0) is 31.4 Å². The Morgan fingerprint density at radius 2 is 2.00 bits per heavy atom. The number of hydrogen-bond donors (Lipinski definition) is 1. The van der Waals surface area contributed by atoms with Crippen molar-refractivity contribution in [2.75, 3.05) is 33.4 Å². The van der Waals surface area contributed by atoms with E-state index in [4.69, 9.17) is 0 Å². The van der Waals surface area contributed by atoms with E-state index in [-0.39, 0.29) is 29.1 Å².